The average Bonchev–Trinajstić information content (AvgIpc) is 2.91. The molecule has 1 fully saturated rings. The predicted molar refractivity (Wildman–Crippen MR) is 68.6 cm³/mol. The van der Waals surface area contributed by atoms with E-state index in [9.17, 15) is 22.0 Å². The Hall–Kier alpha value is -1.52. The summed E-state index contributed by atoms with van der Waals surface area (Å²) >= 11 is 0. The van der Waals surface area contributed by atoms with Gasteiger partial charge in [0.1, 0.15) is 12.3 Å². The maximum Gasteiger partial charge on any atom is 0.273 e. The number of alkyl halides is 2. The minimum atomic E-state index is -3.82. The molecule has 0 aromatic carbocycles. The molecular formula is C11H15F2N3O4S. The fraction of sp³-hybridized carbons (Fsp3) is 0.545. The highest BCUT2D eigenvalue weighted by Crippen LogP contribution is 2.25. The van der Waals surface area contributed by atoms with Crippen LogP contribution in [0.4, 0.5) is 8.78 Å². The molecule has 10 heteroatoms. The molecule has 2 heterocycles. The van der Waals surface area contributed by atoms with Crippen molar-refractivity contribution in [2.75, 3.05) is 20.1 Å². The summed E-state index contributed by atoms with van der Waals surface area (Å²) in [4.78, 5) is 11.9. The van der Waals surface area contributed by atoms with E-state index in [1.165, 1.54) is 7.05 Å². The number of carbonyl (C=O) groups excluding carboxylic acids is 1. The van der Waals surface area contributed by atoms with Gasteiger partial charge in [0.05, 0.1) is 5.56 Å². The molecule has 1 unspecified atom stereocenters. The Morgan fingerprint density at radius 3 is 2.86 bits per heavy atom. The molecule has 1 amide bonds. The highest BCUT2D eigenvalue weighted by molar-refractivity contribution is 7.89. The second kappa shape index (κ2) is 5.70. The first-order valence-corrected chi connectivity index (χ1v) is 7.66. The van der Waals surface area contributed by atoms with Gasteiger partial charge < -0.3 is 15.1 Å². The number of rotatable bonds is 4. The van der Waals surface area contributed by atoms with Crippen molar-refractivity contribution in [3.63, 3.8) is 0 Å². The highest BCUT2D eigenvalue weighted by Gasteiger charge is 2.42. The molecule has 2 rings (SSSR count). The molecule has 0 bridgehead atoms. The molecule has 118 valence electrons. The number of amides is 1. The van der Waals surface area contributed by atoms with Gasteiger partial charge in [0.15, 0.2) is 0 Å². The molecule has 0 aliphatic carbocycles. The first-order valence-electron chi connectivity index (χ1n) is 6.18. The Morgan fingerprint density at radius 2 is 2.24 bits per heavy atom. The zero-order valence-corrected chi connectivity index (χ0v) is 12.0. The second-order valence-corrected chi connectivity index (χ2v) is 6.42. The zero-order chi connectivity index (χ0) is 15.7. The number of nitrogens with one attached hydrogen (secondary N) is 3. The summed E-state index contributed by atoms with van der Waals surface area (Å²) in [5.74, 6) is -3.82. The van der Waals surface area contributed by atoms with Crippen molar-refractivity contribution in [1.29, 1.82) is 0 Å². The molecule has 1 saturated heterocycles. The lowest BCUT2D eigenvalue weighted by molar-refractivity contribution is -0.0542. The number of hydrogen-bond donors (Lipinski definition) is 3. The van der Waals surface area contributed by atoms with Crippen LogP contribution in [-0.4, -0.2) is 46.4 Å². The van der Waals surface area contributed by atoms with E-state index in [2.05, 4.69) is 10.6 Å². The fourth-order valence-electron chi connectivity index (χ4n) is 1.90. The number of hydrogen-bond acceptors (Lipinski definition) is 5. The van der Waals surface area contributed by atoms with Gasteiger partial charge in [0.2, 0.25) is 5.09 Å². The number of sulfonamides is 1. The SMILES string of the molecule is CNS(=O)(=O)c1cc(C(=O)NC2CNCCC2(F)F)co1. The van der Waals surface area contributed by atoms with Gasteiger partial charge in [-0.1, -0.05) is 0 Å². The van der Waals surface area contributed by atoms with E-state index in [1.807, 2.05) is 4.72 Å². The van der Waals surface area contributed by atoms with E-state index < -0.39 is 33.0 Å². The molecule has 0 spiro atoms. The van der Waals surface area contributed by atoms with Crippen LogP contribution in [-0.2, 0) is 10.0 Å². The van der Waals surface area contributed by atoms with Crippen molar-refractivity contribution >= 4 is 15.9 Å². The number of carbonyl (C=O) groups is 1. The van der Waals surface area contributed by atoms with Crippen LogP contribution in [0.1, 0.15) is 16.8 Å². The largest absolute Gasteiger partial charge is 0.451 e. The van der Waals surface area contributed by atoms with E-state index in [0.717, 1.165) is 12.3 Å². The molecule has 0 saturated carbocycles. The van der Waals surface area contributed by atoms with Crippen LogP contribution in [0.15, 0.2) is 21.8 Å². The van der Waals surface area contributed by atoms with E-state index >= 15 is 0 Å². The summed E-state index contributed by atoms with van der Waals surface area (Å²) in [6.07, 6.45) is 0.538. The van der Waals surface area contributed by atoms with Crippen LogP contribution in [0.25, 0.3) is 0 Å². The third kappa shape index (κ3) is 3.39. The molecule has 7 nitrogen and oxygen atoms in total. The maximum atomic E-state index is 13.6. The van der Waals surface area contributed by atoms with Crippen LogP contribution < -0.4 is 15.4 Å². The second-order valence-electron chi connectivity index (χ2n) is 4.60. The number of furan rings is 1. The molecule has 3 N–H and O–H groups in total. The van der Waals surface area contributed by atoms with Gasteiger partial charge in [-0.25, -0.2) is 21.9 Å². The van der Waals surface area contributed by atoms with Crippen molar-refractivity contribution in [3.05, 3.63) is 17.9 Å². The summed E-state index contributed by atoms with van der Waals surface area (Å²) in [6, 6.07) is -0.367. The van der Waals surface area contributed by atoms with Gasteiger partial charge in [0, 0.05) is 25.6 Å². The lowest BCUT2D eigenvalue weighted by atomic mass is 10.0. The van der Waals surface area contributed by atoms with Gasteiger partial charge in [0.25, 0.3) is 21.9 Å². The van der Waals surface area contributed by atoms with Crippen molar-refractivity contribution in [2.24, 2.45) is 0 Å². The summed E-state index contributed by atoms with van der Waals surface area (Å²) in [7, 11) is -2.64. The van der Waals surface area contributed by atoms with Crippen LogP contribution in [0.3, 0.4) is 0 Å². The maximum absolute atomic E-state index is 13.6. The van der Waals surface area contributed by atoms with Crippen LogP contribution >= 0.6 is 0 Å². The fourth-order valence-corrected chi connectivity index (χ4v) is 2.56. The molecule has 1 aromatic heterocycles. The summed E-state index contributed by atoms with van der Waals surface area (Å²) in [5.41, 5.74) is -0.134. The first-order chi connectivity index (χ1) is 9.76. The molecule has 1 aliphatic rings. The lowest BCUT2D eigenvalue weighted by Crippen LogP contribution is -2.57. The normalized spacial score (nSPS) is 22.0. The van der Waals surface area contributed by atoms with Crippen molar-refractivity contribution in [2.45, 2.75) is 23.5 Å². The Balaban J connectivity index is 2.11. The Bertz CT molecular complexity index is 629. The van der Waals surface area contributed by atoms with Crippen LogP contribution in [0.5, 0.6) is 0 Å². The molecular weight excluding hydrogens is 308 g/mol. The summed E-state index contributed by atoms with van der Waals surface area (Å²) in [5, 5.41) is 4.49. The van der Waals surface area contributed by atoms with Gasteiger partial charge in [-0.05, 0) is 7.05 Å². The van der Waals surface area contributed by atoms with Gasteiger partial charge in [-0.15, -0.1) is 0 Å². The smallest absolute Gasteiger partial charge is 0.273 e. The van der Waals surface area contributed by atoms with E-state index in [-0.39, 0.29) is 25.1 Å². The lowest BCUT2D eigenvalue weighted by Gasteiger charge is -2.32. The topological polar surface area (TPSA) is 100 Å². The van der Waals surface area contributed by atoms with Gasteiger partial charge in [-0.3, -0.25) is 4.79 Å². The monoisotopic (exact) mass is 323 g/mol. The number of halogens is 2. The summed E-state index contributed by atoms with van der Waals surface area (Å²) < 4.78 is 56.9. The van der Waals surface area contributed by atoms with Crippen LogP contribution in [0.2, 0.25) is 0 Å². The molecule has 21 heavy (non-hydrogen) atoms. The number of piperidine rings is 1. The highest BCUT2D eigenvalue weighted by atomic mass is 32.2. The van der Waals surface area contributed by atoms with E-state index in [0.29, 0.717) is 0 Å². The Morgan fingerprint density at radius 1 is 1.52 bits per heavy atom. The van der Waals surface area contributed by atoms with E-state index in [4.69, 9.17) is 4.42 Å². The minimum absolute atomic E-state index is 0.0573. The minimum Gasteiger partial charge on any atom is -0.451 e. The first kappa shape index (κ1) is 15.9. The predicted octanol–water partition coefficient (Wildman–Crippen LogP) is -0.0853. The third-order valence-electron chi connectivity index (χ3n) is 3.17. The molecule has 1 atom stereocenters. The van der Waals surface area contributed by atoms with Crippen molar-refractivity contribution in [3.8, 4) is 0 Å². The van der Waals surface area contributed by atoms with Crippen molar-refractivity contribution < 1.29 is 26.4 Å². The standard InChI is InChI=1S/C11H15F2N3O4S/c1-14-21(18,19)9-4-7(6-20-9)10(17)16-8-5-15-3-2-11(8,12)13/h4,6,8,14-15H,2-3,5H2,1H3,(H,16,17). The van der Waals surface area contributed by atoms with Gasteiger partial charge >= 0.3 is 0 Å². The molecule has 1 aromatic rings. The Labute approximate surface area is 120 Å². The molecule has 1 aliphatic heterocycles. The van der Waals surface area contributed by atoms with E-state index in [1.54, 1.807) is 0 Å². The Kier molecular flexibility index (Phi) is 4.30. The third-order valence-corrected chi connectivity index (χ3v) is 4.45. The average molecular weight is 323 g/mol. The zero-order valence-electron chi connectivity index (χ0n) is 11.2. The summed E-state index contributed by atoms with van der Waals surface area (Å²) in [6.45, 7) is 0.119. The molecule has 0 radical (unpaired) electrons. The van der Waals surface area contributed by atoms with Crippen LogP contribution in [0, 0.1) is 0 Å². The quantitative estimate of drug-likeness (QED) is 0.719. The van der Waals surface area contributed by atoms with Gasteiger partial charge in [-0.2, -0.15) is 0 Å². The van der Waals surface area contributed by atoms with Crippen molar-refractivity contribution in [1.82, 2.24) is 15.4 Å².